The van der Waals surface area contributed by atoms with Gasteiger partial charge in [0.25, 0.3) is 0 Å². The number of rotatable bonds is 2. The second kappa shape index (κ2) is 4.42. The van der Waals surface area contributed by atoms with Crippen molar-refractivity contribution in [2.75, 3.05) is 6.61 Å². The van der Waals surface area contributed by atoms with Crippen LogP contribution in [0.5, 0.6) is 0 Å². The molecule has 0 radical (unpaired) electrons. The highest BCUT2D eigenvalue weighted by Crippen LogP contribution is 2.34. The van der Waals surface area contributed by atoms with Gasteiger partial charge in [-0.1, -0.05) is 28.1 Å². The lowest BCUT2D eigenvalue weighted by atomic mass is 9.90. The zero-order valence-electron chi connectivity index (χ0n) is 9.29. The Kier molecular flexibility index (Phi) is 3.15. The van der Waals surface area contributed by atoms with Crippen LogP contribution in [0.1, 0.15) is 25.3 Å². The summed E-state index contributed by atoms with van der Waals surface area (Å²) in [5.74, 6) is 0.953. The van der Waals surface area contributed by atoms with E-state index in [2.05, 4.69) is 15.9 Å². The number of allylic oxidation sites excluding steroid dienone is 1. The Bertz CT molecular complexity index is 446. The average molecular weight is 281 g/mol. The minimum atomic E-state index is 0.0885. The summed E-state index contributed by atoms with van der Waals surface area (Å²) < 4.78 is 6.51. The molecule has 0 spiro atoms. The first kappa shape index (κ1) is 11.4. The molecule has 1 heterocycles. The SMILES string of the molecule is CC(=O)C1=C(C)OCC1c1ccc(Br)cc1. The normalized spacial score (nSPS) is 19.8. The van der Waals surface area contributed by atoms with Gasteiger partial charge in [0, 0.05) is 16.0 Å². The van der Waals surface area contributed by atoms with Gasteiger partial charge in [0.2, 0.25) is 0 Å². The molecule has 0 aromatic heterocycles. The fraction of sp³-hybridized carbons (Fsp3) is 0.308. The first-order valence-electron chi connectivity index (χ1n) is 5.19. The first-order valence-corrected chi connectivity index (χ1v) is 5.99. The van der Waals surface area contributed by atoms with Crippen LogP contribution < -0.4 is 0 Å². The number of hydrogen-bond donors (Lipinski definition) is 0. The van der Waals surface area contributed by atoms with E-state index in [1.165, 1.54) is 0 Å². The van der Waals surface area contributed by atoms with Gasteiger partial charge in [-0.15, -0.1) is 0 Å². The number of benzene rings is 1. The number of Topliss-reactive ketones (excluding diaryl/α,β-unsaturated/α-hetero) is 1. The van der Waals surface area contributed by atoms with Crippen LogP contribution in [-0.4, -0.2) is 12.4 Å². The molecule has 84 valence electrons. The highest BCUT2D eigenvalue weighted by Gasteiger charge is 2.29. The van der Waals surface area contributed by atoms with Gasteiger partial charge in [0.1, 0.15) is 5.76 Å². The smallest absolute Gasteiger partial charge is 0.159 e. The van der Waals surface area contributed by atoms with Gasteiger partial charge in [0.15, 0.2) is 5.78 Å². The van der Waals surface area contributed by atoms with Crippen LogP contribution in [0.15, 0.2) is 40.1 Å². The molecule has 1 aliphatic rings. The summed E-state index contributed by atoms with van der Waals surface area (Å²) in [6.07, 6.45) is 0. The number of hydrogen-bond acceptors (Lipinski definition) is 2. The predicted molar refractivity (Wildman–Crippen MR) is 66.2 cm³/mol. The quantitative estimate of drug-likeness (QED) is 0.830. The third-order valence-electron chi connectivity index (χ3n) is 2.85. The molecule has 0 amide bonds. The monoisotopic (exact) mass is 280 g/mol. The molecule has 1 aliphatic heterocycles. The molecular weight excluding hydrogens is 268 g/mol. The van der Waals surface area contributed by atoms with Gasteiger partial charge in [-0.3, -0.25) is 4.79 Å². The van der Waals surface area contributed by atoms with Crippen molar-refractivity contribution < 1.29 is 9.53 Å². The van der Waals surface area contributed by atoms with E-state index in [0.29, 0.717) is 6.61 Å². The number of halogens is 1. The van der Waals surface area contributed by atoms with Crippen molar-refractivity contribution in [1.82, 2.24) is 0 Å². The maximum atomic E-state index is 11.6. The Morgan fingerprint density at radius 3 is 2.56 bits per heavy atom. The van der Waals surface area contributed by atoms with Crippen LogP contribution in [0, 0.1) is 0 Å². The van der Waals surface area contributed by atoms with E-state index in [-0.39, 0.29) is 11.7 Å². The Balaban J connectivity index is 2.36. The van der Waals surface area contributed by atoms with Crippen LogP contribution in [0.25, 0.3) is 0 Å². The van der Waals surface area contributed by atoms with Crippen LogP contribution in [0.2, 0.25) is 0 Å². The molecule has 2 nitrogen and oxygen atoms in total. The fourth-order valence-electron chi connectivity index (χ4n) is 2.07. The second-order valence-electron chi connectivity index (χ2n) is 3.94. The molecule has 1 aromatic carbocycles. The van der Waals surface area contributed by atoms with E-state index in [1.807, 2.05) is 31.2 Å². The minimum Gasteiger partial charge on any atom is -0.497 e. The van der Waals surface area contributed by atoms with Crippen molar-refractivity contribution >= 4 is 21.7 Å². The molecule has 0 bridgehead atoms. The number of ether oxygens (including phenoxy) is 1. The van der Waals surface area contributed by atoms with Gasteiger partial charge in [-0.2, -0.15) is 0 Å². The van der Waals surface area contributed by atoms with E-state index >= 15 is 0 Å². The lowest BCUT2D eigenvalue weighted by Crippen LogP contribution is -2.08. The van der Waals surface area contributed by atoms with Crippen LogP contribution in [0.4, 0.5) is 0 Å². The van der Waals surface area contributed by atoms with Crippen molar-refractivity contribution in [2.45, 2.75) is 19.8 Å². The van der Waals surface area contributed by atoms with Crippen LogP contribution in [0.3, 0.4) is 0 Å². The molecule has 16 heavy (non-hydrogen) atoms. The predicted octanol–water partition coefficient (Wildman–Crippen LogP) is 3.43. The number of ketones is 1. The topological polar surface area (TPSA) is 26.3 Å². The van der Waals surface area contributed by atoms with Gasteiger partial charge in [0.05, 0.1) is 6.61 Å². The van der Waals surface area contributed by atoms with Crippen molar-refractivity contribution in [3.05, 3.63) is 45.6 Å². The lowest BCUT2D eigenvalue weighted by molar-refractivity contribution is -0.113. The van der Waals surface area contributed by atoms with Crippen molar-refractivity contribution in [2.24, 2.45) is 0 Å². The summed E-state index contributed by atoms with van der Waals surface area (Å²) in [4.78, 5) is 11.6. The Labute approximate surface area is 103 Å². The third kappa shape index (κ3) is 2.05. The van der Waals surface area contributed by atoms with Gasteiger partial charge in [-0.25, -0.2) is 0 Å². The first-order chi connectivity index (χ1) is 7.59. The summed E-state index contributed by atoms with van der Waals surface area (Å²) >= 11 is 3.40. The molecule has 0 N–H and O–H groups in total. The zero-order valence-corrected chi connectivity index (χ0v) is 10.9. The van der Waals surface area contributed by atoms with Gasteiger partial charge < -0.3 is 4.74 Å². The molecule has 1 aromatic rings. The van der Waals surface area contributed by atoms with Crippen molar-refractivity contribution in [3.63, 3.8) is 0 Å². The van der Waals surface area contributed by atoms with E-state index in [0.717, 1.165) is 21.4 Å². The molecule has 1 atom stereocenters. The Hall–Kier alpha value is -1.09. The maximum Gasteiger partial charge on any atom is 0.159 e. The van der Waals surface area contributed by atoms with E-state index in [4.69, 9.17) is 4.74 Å². The molecule has 2 rings (SSSR count). The summed E-state index contributed by atoms with van der Waals surface area (Å²) in [5.41, 5.74) is 1.94. The molecule has 0 aliphatic carbocycles. The fourth-order valence-corrected chi connectivity index (χ4v) is 2.33. The van der Waals surface area contributed by atoms with E-state index in [1.54, 1.807) is 6.92 Å². The van der Waals surface area contributed by atoms with Crippen molar-refractivity contribution in [1.29, 1.82) is 0 Å². The highest BCUT2D eigenvalue weighted by atomic mass is 79.9. The van der Waals surface area contributed by atoms with Gasteiger partial charge >= 0.3 is 0 Å². The van der Waals surface area contributed by atoms with Gasteiger partial charge in [-0.05, 0) is 31.5 Å². The molecular formula is C13H13BrO2. The zero-order chi connectivity index (χ0) is 11.7. The van der Waals surface area contributed by atoms with E-state index in [9.17, 15) is 4.79 Å². The Morgan fingerprint density at radius 2 is 2.00 bits per heavy atom. The second-order valence-corrected chi connectivity index (χ2v) is 4.86. The Morgan fingerprint density at radius 1 is 1.38 bits per heavy atom. The molecule has 3 heteroatoms. The number of carbonyl (C=O) groups excluding carboxylic acids is 1. The van der Waals surface area contributed by atoms with Crippen LogP contribution >= 0.6 is 15.9 Å². The standard InChI is InChI=1S/C13H13BrO2/c1-8(15)13-9(2)16-7-12(13)10-3-5-11(14)6-4-10/h3-6,12H,7H2,1-2H3. The summed E-state index contributed by atoms with van der Waals surface area (Å²) in [6, 6.07) is 8.03. The van der Waals surface area contributed by atoms with Crippen LogP contribution in [-0.2, 0) is 9.53 Å². The summed E-state index contributed by atoms with van der Waals surface area (Å²) in [7, 11) is 0. The van der Waals surface area contributed by atoms with Crippen molar-refractivity contribution in [3.8, 4) is 0 Å². The van der Waals surface area contributed by atoms with E-state index < -0.39 is 0 Å². The molecule has 0 saturated heterocycles. The average Bonchev–Trinajstić information content (AvgIpc) is 2.61. The largest absolute Gasteiger partial charge is 0.497 e. The minimum absolute atomic E-state index is 0.0885. The summed E-state index contributed by atoms with van der Waals surface area (Å²) in [5, 5.41) is 0. The molecule has 1 unspecified atom stereocenters. The molecule has 0 fully saturated rings. The molecule has 0 saturated carbocycles. The highest BCUT2D eigenvalue weighted by molar-refractivity contribution is 9.10. The summed E-state index contributed by atoms with van der Waals surface area (Å²) in [6.45, 7) is 4.03. The maximum absolute atomic E-state index is 11.6. The third-order valence-corrected chi connectivity index (χ3v) is 3.37. The number of carbonyl (C=O) groups is 1. The lowest BCUT2D eigenvalue weighted by Gasteiger charge is -2.11.